The zero-order valence-electron chi connectivity index (χ0n) is 11.8. The highest BCUT2D eigenvalue weighted by Crippen LogP contribution is 2.23. The van der Waals surface area contributed by atoms with Crippen LogP contribution in [-0.4, -0.2) is 19.1 Å². The van der Waals surface area contributed by atoms with Crippen molar-refractivity contribution in [3.8, 4) is 0 Å². The van der Waals surface area contributed by atoms with Crippen molar-refractivity contribution in [3.05, 3.63) is 28.8 Å². The van der Waals surface area contributed by atoms with Gasteiger partial charge in [0.05, 0.1) is 12.7 Å². The number of halogens is 1. The van der Waals surface area contributed by atoms with Gasteiger partial charge in [-0.2, -0.15) is 0 Å². The Morgan fingerprint density at radius 3 is 2.74 bits per heavy atom. The van der Waals surface area contributed by atoms with E-state index in [1.54, 1.807) is 12.1 Å². The minimum absolute atomic E-state index is 0.365. The van der Waals surface area contributed by atoms with Gasteiger partial charge in [0, 0.05) is 16.8 Å². The van der Waals surface area contributed by atoms with Gasteiger partial charge in [-0.3, -0.25) is 0 Å². The number of esters is 1. The molecule has 0 saturated heterocycles. The van der Waals surface area contributed by atoms with E-state index in [0.29, 0.717) is 16.6 Å². The van der Waals surface area contributed by atoms with Gasteiger partial charge in [0.1, 0.15) is 0 Å². The summed E-state index contributed by atoms with van der Waals surface area (Å²) in [5.74, 6) is -0.365. The number of nitrogens with one attached hydrogen (secondary N) is 1. The van der Waals surface area contributed by atoms with Gasteiger partial charge >= 0.3 is 5.97 Å². The smallest absolute Gasteiger partial charge is 0.340 e. The Kier molecular flexibility index (Phi) is 6.71. The van der Waals surface area contributed by atoms with Gasteiger partial charge in [-0.25, -0.2) is 4.79 Å². The molecular weight excluding hydrogens is 262 g/mol. The summed E-state index contributed by atoms with van der Waals surface area (Å²) in [6, 6.07) is 5.62. The SMILES string of the molecule is CCCCC(CC)Nc1ccc(Cl)cc1C(=O)OC. The molecule has 1 N–H and O–H groups in total. The Morgan fingerprint density at radius 1 is 1.42 bits per heavy atom. The van der Waals surface area contributed by atoms with Crippen LogP contribution in [-0.2, 0) is 4.74 Å². The molecular formula is C15H22ClNO2. The van der Waals surface area contributed by atoms with Gasteiger partial charge in [0.15, 0.2) is 0 Å². The minimum atomic E-state index is -0.365. The Bertz CT molecular complexity index is 421. The summed E-state index contributed by atoms with van der Waals surface area (Å²) in [6.45, 7) is 4.32. The van der Waals surface area contributed by atoms with Gasteiger partial charge in [-0.05, 0) is 31.0 Å². The zero-order chi connectivity index (χ0) is 14.3. The number of unbranched alkanes of at least 4 members (excludes halogenated alkanes) is 1. The Balaban J connectivity index is 2.89. The summed E-state index contributed by atoms with van der Waals surface area (Å²) < 4.78 is 4.79. The molecule has 19 heavy (non-hydrogen) atoms. The molecule has 1 unspecified atom stereocenters. The van der Waals surface area contributed by atoms with E-state index in [0.717, 1.165) is 18.5 Å². The minimum Gasteiger partial charge on any atom is -0.465 e. The maximum Gasteiger partial charge on any atom is 0.340 e. The first-order chi connectivity index (χ1) is 9.12. The molecule has 0 spiro atoms. The van der Waals surface area contributed by atoms with Gasteiger partial charge in [-0.15, -0.1) is 0 Å². The number of ether oxygens (including phenoxy) is 1. The summed E-state index contributed by atoms with van der Waals surface area (Å²) in [6.07, 6.45) is 4.45. The summed E-state index contributed by atoms with van der Waals surface area (Å²) in [5.41, 5.74) is 1.28. The number of carbonyl (C=O) groups is 1. The lowest BCUT2D eigenvalue weighted by Gasteiger charge is -2.20. The topological polar surface area (TPSA) is 38.3 Å². The van der Waals surface area contributed by atoms with Crippen molar-refractivity contribution in [3.63, 3.8) is 0 Å². The highest BCUT2D eigenvalue weighted by Gasteiger charge is 2.15. The average molecular weight is 284 g/mol. The van der Waals surface area contributed by atoms with Crippen LogP contribution in [0.1, 0.15) is 49.9 Å². The fourth-order valence-corrected chi connectivity index (χ4v) is 2.14. The first-order valence-electron chi connectivity index (χ1n) is 6.76. The van der Waals surface area contributed by atoms with E-state index in [9.17, 15) is 4.79 Å². The number of methoxy groups -OCH3 is 1. The van der Waals surface area contributed by atoms with E-state index in [2.05, 4.69) is 19.2 Å². The predicted octanol–water partition coefficient (Wildman–Crippen LogP) is 4.51. The summed E-state index contributed by atoms with van der Waals surface area (Å²) in [4.78, 5) is 11.7. The lowest BCUT2D eigenvalue weighted by Crippen LogP contribution is -2.20. The van der Waals surface area contributed by atoms with Crippen molar-refractivity contribution in [1.29, 1.82) is 0 Å². The van der Waals surface area contributed by atoms with Crippen molar-refractivity contribution in [1.82, 2.24) is 0 Å². The first kappa shape index (κ1) is 15.8. The third-order valence-electron chi connectivity index (χ3n) is 3.15. The van der Waals surface area contributed by atoms with Crippen molar-refractivity contribution in [2.75, 3.05) is 12.4 Å². The van der Waals surface area contributed by atoms with Crippen LogP contribution in [0.4, 0.5) is 5.69 Å². The van der Waals surface area contributed by atoms with Gasteiger partial charge in [0.2, 0.25) is 0 Å². The van der Waals surface area contributed by atoms with Gasteiger partial charge in [0.25, 0.3) is 0 Å². The monoisotopic (exact) mass is 283 g/mol. The fraction of sp³-hybridized carbons (Fsp3) is 0.533. The Morgan fingerprint density at radius 2 is 2.16 bits per heavy atom. The molecule has 1 rings (SSSR count). The molecule has 0 aromatic heterocycles. The molecule has 0 aliphatic rings. The molecule has 3 nitrogen and oxygen atoms in total. The second-order valence-corrected chi connectivity index (χ2v) is 5.01. The fourth-order valence-electron chi connectivity index (χ4n) is 1.97. The molecule has 4 heteroatoms. The predicted molar refractivity (Wildman–Crippen MR) is 80.0 cm³/mol. The molecule has 0 aliphatic heterocycles. The second-order valence-electron chi connectivity index (χ2n) is 4.57. The van der Waals surface area contributed by atoms with Crippen LogP contribution in [0.2, 0.25) is 5.02 Å². The molecule has 106 valence electrons. The first-order valence-corrected chi connectivity index (χ1v) is 7.14. The molecule has 0 fully saturated rings. The van der Waals surface area contributed by atoms with Gasteiger partial charge < -0.3 is 10.1 Å². The molecule has 0 aliphatic carbocycles. The van der Waals surface area contributed by atoms with E-state index in [-0.39, 0.29) is 5.97 Å². The van der Waals surface area contributed by atoms with Crippen LogP contribution in [0.25, 0.3) is 0 Å². The second kappa shape index (κ2) is 8.05. The summed E-state index contributed by atoms with van der Waals surface area (Å²) >= 11 is 5.94. The molecule has 0 saturated carbocycles. The van der Waals surface area contributed by atoms with E-state index in [1.807, 2.05) is 6.07 Å². The van der Waals surface area contributed by atoms with Crippen LogP contribution < -0.4 is 5.32 Å². The molecule has 0 radical (unpaired) electrons. The molecule has 1 aromatic rings. The third kappa shape index (κ3) is 4.75. The van der Waals surface area contributed by atoms with E-state index in [4.69, 9.17) is 16.3 Å². The van der Waals surface area contributed by atoms with E-state index in [1.165, 1.54) is 20.0 Å². The van der Waals surface area contributed by atoms with Gasteiger partial charge in [-0.1, -0.05) is 38.3 Å². The Hall–Kier alpha value is -1.22. The lowest BCUT2D eigenvalue weighted by molar-refractivity contribution is 0.0602. The van der Waals surface area contributed by atoms with Crippen molar-refractivity contribution in [2.24, 2.45) is 0 Å². The quantitative estimate of drug-likeness (QED) is 0.748. The highest BCUT2D eigenvalue weighted by atomic mass is 35.5. The van der Waals surface area contributed by atoms with E-state index >= 15 is 0 Å². The number of anilines is 1. The van der Waals surface area contributed by atoms with Crippen LogP contribution in [0, 0.1) is 0 Å². The maximum absolute atomic E-state index is 11.7. The zero-order valence-corrected chi connectivity index (χ0v) is 12.6. The van der Waals surface area contributed by atoms with Crippen molar-refractivity contribution >= 4 is 23.3 Å². The third-order valence-corrected chi connectivity index (χ3v) is 3.38. The highest BCUT2D eigenvalue weighted by molar-refractivity contribution is 6.31. The largest absolute Gasteiger partial charge is 0.465 e. The molecule has 0 heterocycles. The number of hydrogen-bond acceptors (Lipinski definition) is 3. The number of hydrogen-bond donors (Lipinski definition) is 1. The standard InChI is InChI=1S/C15H22ClNO2/c1-4-6-7-12(5-2)17-14-9-8-11(16)10-13(14)15(18)19-3/h8-10,12,17H,4-7H2,1-3H3. The molecule has 1 atom stereocenters. The average Bonchev–Trinajstić information content (AvgIpc) is 2.43. The Labute approximate surface area is 120 Å². The number of benzene rings is 1. The van der Waals surface area contributed by atoms with E-state index < -0.39 is 0 Å². The number of carbonyl (C=O) groups excluding carboxylic acids is 1. The summed E-state index contributed by atoms with van der Waals surface area (Å²) in [5, 5.41) is 3.95. The lowest BCUT2D eigenvalue weighted by atomic mass is 10.1. The van der Waals surface area contributed by atoms with Crippen LogP contribution in [0.3, 0.4) is 0 Å². The van der Waals surface area contributed by atoms with Crippen LogP contribution in [0.5, 0.6) is 0 Å². The van der Waals surface area contributed by atoms with Crippen molar-refractivity contribution in [2.45, 2.75) is 45.6 Å². The maximum atomic E-state index is 11.7. The normalized spacial score (nSPS) is 12.0. The van der Waals surface area contributed by atoms with Crippen molar-refractivity contribution < 1.29 is 9.53 Å². The number of rotatable bonds is 7. The van der Waals surface area contributed by atoms with Crippen LogP contribution in [0.15, 0.2) is 18.2 Å². The summed E-state index contributed by atoms with van der Waals surface area (Å²) in [7, 11) is 1.38. The molecule has 0 amide bonds. The molecule has 0 bridgehead atoms. The molecule has 1 aromatic carbocycles. The van der Waals surface area contributed by atoms with Crippen LogP contribution >= 0.6 is 11.6 Å².